The van der Waals surface area contributed by atoms with E-state index in [1.165, 1.54) is 34.6 Å². The lowest BCUT2D eigenvalue weighted by atomic mass is 9.94. The van der Waals surface area contributed by atoms with Crippen LogP contribution >= 0.6 is 23.4 Å². The van der Waals surface area contributed by atoms with E-state index in [9.17, 15) is 20.0 Å². The molecule has 1 amide bonds. The van der Waals surface area contributed by atoms with Crippen molar-refractivity contribution in [2.75, 3.05) is 10.6 Å². The fourth-order valence-corrected chi connectivity index (χ4v) is 5.45. The number of hydrogen-bond donors (Lipinski definition) is 3. The minimum Gasteiger partial charge on any atom is -0.502 e. The molecule has 3 aromatic carbocycles. The third kappa shape index (κ3) is 5.45. The fraction of sp³-hybridized carbons (Fsp3) is 0.148. The number of aromatic nitrogens is 3. The number of aromatic hydroxyl groups is 1. The summed E-state index contributed by atoms with van der Waals surface area (Å²) in [5.74, 6) is 0.0182. The Hall–Kier alpha value is -4.35. The number of nitrogens with zero attached hydrogens (tertiary/aromatic N) is 4. The molecule has 3 N–H and O–H groups in total. The molecular weight excluding hydrogens is 540 g/mol. The Morgan fingerprint density at radius 1 is 1.18 bits per heavy atom. The van der Waals surface area contributed by atoms with Gasteiger partial charge in [0.2, 0.25) is 11.1 Å². The maximum Gasteiger partial charge on any atom is 0.311 e. The minimum atomic E-state index is -0.854. The largest absolute Gasteiger partial charge is 0.502 e. The number of allylic oxidation sites excluding steroid dienone is 1. The van der Waals surface area contributed by atoms with E-state index < -0.39 is 28.3 Å². The van der Waals surface area contributed by atoms with Crippen LogP contribution in [0.2, 0.25) is 5.02 Å². The Kier molecular flexibility index (Phi) is 7.27. The van der Waals surface area contributed by atoms with Gasteiger partial charge in [-0.1, -0.05) is 59.8 Å². The van der Waals surface area contributed by atoms with Crippen LogP contribution in [0.3, 0.4) is 0 Å². The number of rotatable bonds is 7. The molecule has 1 unspecified atom stereocenters. The van der Waals surface area contributed by atoms with Crippen molar-refractivity contribution in [1.29, 1.82) is 0 Å². The second-order valence-electron chi connectivity index (χ2n) is 8.94. The van der Waals surface area contributed by atoms with Crippen LogP contribution in [0.4, 0.5) is 17.3 Å². The predicted molar refractivity (Wildman–Crippen MR) is 150 cm³/mol. The van der Waals surface area contributed by atoms with Crippen molar-refractivity contribution < 1.29 is 14.8 Å². The van der Waals surface area contributed by atoms with Crippen LogP contribution in [0.5, 0.6) is 5.75 Å². The summed E-state index contributed by atoms with van der Waals surface area (Å²) in [6.07, 6.45) is 0. The molecule has 12 heteroatoms. The summed E-state index contributed by atoms with van der Waals surface area (Å²) in [6, 6.07) is 18.0. The summed E-state index contributed by atoms with van der Waals surface area (Å²) in [7, 11) is 0. The van der Waals surface area contributed by atoms with Crippen molar-refractivity contribution in [3.63, 3.8) is 0 Å². The molecular formula is C27H23ClN6O4S. The van der Waals surface area contributed by atoms with Gasteiger partial charge >= 0.3 is 5.69 Å². The number of aryl methyl sites for hydroxylation is 1. The molecule has 5 rings (SSSR count). The number of benzene rings is 3. The molecule has 39 heavy (non-hydrogen) atoms. The zero-order valence-electron chi connectivity index (χ0n) is 20.9. The molecule has 0 fully saturated rings. The van der Waals surface area contributed by atoms with Crippen LogP contribution in [0.25, 0.3) is 0 Å². The highest BCUT2D eigenvalue weighted by atomic mass is 35.5. The number of thioether (sulfide) groups is 1. The Balaban J connectivity index is 1.55. The Morgan fingerprint density at radius 2 is 1.97 bits per heavy atom. The molecule has 4 aromatic rings. The van der Waals surface area contributed by atoms with Gasteiger partial charge in [-0.2, -0.15) is 4.98 Å². The molecule has 0 aliphatic carbocycles. The van der Waals surface area contributed by atoms with Crippen molar-refractivity contribution in [1.82, 2.24) is 14.8 Å². The number of phenolic OH excluding ortho intramolecular Hbond substituents is 1. The van der Waals surface area contributed by atoms with E-state index in [-0.39, 0.29) is 0 Å². The average molecular weight is 563 g/mol. The number of carbonyl (C=O) groups excluding carboxylic acids is 1. The zero-order valence-corrected chi connectivity index (χ0v) is 22.5. The van der Waals surface area contributed by atoms with E-state index in [4.69, 9.17) is 11.6 Å². The van der Waals surface area contributed by atoms with Crippen LogP contribution in [-0.4, -0.2) is 30.7 Å². The van der Waals surface area contributed by atoms with Crippen molar-refractivity contribution in [2.45, 2.75) is 30.8 Å². The maximum absolute atomic E-state index is 13.6. The molecule has 1 aromatic heterocycles. The van der Waals surface area contributed by atoms with Crippen LogP contribution in [0.15, 0.2) is 83.2 Å². The molecule has 10 nitrogen and oxygen atoms in total. The van der Waals surface area contributed by atoms with E-state index in [1.807, 2.05) is 49.4 Å². The summed E-state index contributed by atoms with van der Waals surface area (Å²) < 4.78 is 1.53. The number of halogens is 1. The molecule has 0 saturated carbocycles. The lowest BCUT2D eigenvalue weighted by Crippen LogP contribution is -2.31. The van der Waals surface area contributed by atoms with Gasteiger partial charge in [0.05, 0.1) is 10.5 Å². The van der Waals surface area contributed by atoms with Gasteiger partial charge < -0.3 is 15.7 Å². The summed E-state index contributed by atoms with van der Waals surface area (Å²) in [6.45, 7) is 3.66. The second-order valence-corrected chi connectivity index (χ2v) is 10.3. The smallest absolute Gasteiger partial charge is 0.311 e. The van der Waals surface area contributed by atoms with E-state index in [0.29, 0.717) is 44.4 Å². The molecule has 0 spiro atoms. The Labute approximate surface area is 232 Å². The number of phenols is 1. The van der Waals surface area contributed by atoms with Crippen molar-refractivity contribution in [2.24, 2.45) is 0 Å². The normalized spacial score (nSPS) is 14.5. The molecule has 2 heterocycles. The van der Waals surface area contributed by atoms with Gasteiger partial charge in [-0.25, -0.2) is 4.68 Å². The number of hydrogen-bond acceptors (Lipinski definition) is 8. The van der Waals surface area contributed by atoms with E-state index in [0.717, 1.165) is 11.1 Å². The van der Waals surface area contributed by atoms with Gasteiger partial charge in [0, 0.05) is 28.2 Å². The number of nitro groups is 1. The second kappa shape index (κ2) is 10.8. The van der Waals surface area contributed by atoms with Crippen molar-refractivity contribution in [3.05, 3.63) is 110 Å². The number of carbonyl (C=O) groups is 1. The first-order valence-corrected chi connectivity index (χ1v) is 13.2. The van der Waals surface area contributed by atoms with Gasteiger partial charge in [-0.15, -0.1) is 5.10 Å². The van der Waals surface area contributed by atoms with Crippen molar-refractivity contribution in [3.8, 4) is 5.75 Å². The summed E-state index contributed by atoms with van der Waals surface area (Å²) in [5, 5.41) is 33.5. The van der Waals surface area contributed by atoms with E-state index in [1.54, 1.807) is 13.0 Å². The standard InChI is InChI=1S/C27H23ClN6O4S/c1-15-6-5-8-19(12-15)30-25(36)23-16(2)29-26-31-27(39-14-18-7-3-4-9-20(18)28)32-33(26)24(23)17-10-11-22(35)21(13-17)34(37)38/h3-13,24,35H,14H2,1-2H3,(H,30,36)(H,29,31,32). The Bertz CT molecular complexity index is 1640. The number of nitro benzene ring substituents is 1. The number of anilines is 2. The fourth-order valence-electron chi connectivity index (χ4n) is 4.33. The topological polar surface area (TPSA) is 135 Å². The maximum atomic E-state index is 13.6. The van der Waals surface area contributed by atoms with E-state index >= 15 is 0 Å². The van der Waals surface area contributed by atoms with Gasteiger partial charge in [-0.3, -0.25) is 14.9 Å². The van der Waals surface area contributed by atoms with Gasteiger partial charge in [0.25, 0.3) is 5.91 Å². The van der Waals surface area contributed by atoms with Crippen LogP contribution in [0, 0.1) is 17.0 Å². The van der Waals surface area contributed by atoms with Gasteiger partial charge in [-0.05, 0) is 54.8 Å². The van der Waals surface area contributed by atoms with Crippen molar-refractivity contribution >= 4 is 46.6 Å². The van der Waals surface area contributed by atoms with Crippen LogP contribution < -0.4 is 10.6 Å². The quantitative estimate of drug-likeness (QED) is 0.140. The highest BCUT2D eigenvalue weighted by Crippen LogP contribution is 2.39. The SMILES string of the molecule is CC1=C(C(=O)Nc2cccc(C)c2)C(c2ccc(O)c([N+](=O)[O-])c2)n2nc(SCc3ccccc3Cl)nc2N1. The first-order chi connectivity index (χ1) is 18.7. The summed E-state index contributed by atoms with van der Waals surface area (Å²) in [4.78, 5) is 29.2. The van der Waals surface area contributed by atoms with Crippen LogP contribution in [-0.2, 0) is 10.5 Å². The number of fused-ring (bicyclic) bond motifs is 1. The van der Waals surface area contributed by atoms with Gasteiger partial charge in [0.1, 0.15) is 6.04 Å². The number of amides is 1. The molecule has 1 aliphatic heterocycles. The highest BCUT2D eigenvalue weighted by Gasteiger charge is 2.35. The third-order valence-electron chi connectivity index (χ3n) is 6.18. The monoisotopic (exact) mass is 562 g/mol. The molecule has 0 radical (unpaired) electrons. The lowest BCUT2D eigenvalue weighted by Gasteiger charge is -2.28. The van der Waals surface area contributed by atoms with Crippen LogP contribution in [0.1, 0.15) is 29.7 Å². The third-order valence-corrected chi connectivity index (χ3v) is 7.44. The first-order valence-electron chi connectivity index (χ1n) is 11.9. The molecule has 1 aliphatic rings. The van der Waals surface area contributed by atoms with E-state index in [2.05, 4.69) is 20.7 Å². The zero-order chi connectivity index (χ0) is 27.7. The molecule has 0 saturated heterocycles. The average Bonchev–Trinajstić information content (AvgIpc) is 3.30. The highest BCUT2D eigenvalue weighted by molar-refractivity contribution is 7.98. The first kappa shape index (κ1) is 26.3. The predicted octanol–water partition coefficient (Wildman–Crippen LogP) is 6.07. The number of nitrogens with one attached hydrogen (secondary N) is 2. The summed E-state index contributed by atoms with van der Waals surface area (Å²) in [5.41, 5.74) is 3.24. The summed E-state index contributed by atoms with van der Waals surface area (Å²) >= 11 is 7.67. The molecule has 1 atom stereocenters. The Morgan fingerprint density at radius 3 is 2.72 bits per heavy atom. The minimum absolute atomic E-state index is 0.302. The molecule has 0 bridgehead atoms. The lowest BCUT2D eigenvalue weighted by molar-refractivity contribution is -0.385. The molecule has 198 valence electrons. The van der Waals surface area contributed by atoms with Gasteiger partial charge in [0.15, 0.2) is 5.75 Å².